The van der Waals surface area contributed by atoms with E-state index < -0.39 is 9.85 Å². The Morgan fingerprint density at radius 1 is 0.842 bits per heavy atom. The summed E-state index contributed by atoms with van der Waals surface area (Å²) in [6.45, 7) is 18.2. The van der Waals surface area contributed by atoms with Crippen LogP contribution in [0.25, 0.3) is 0 Å². The summed E-state index contributed by atoms with van der Waals surface area (Å²) in [5.74, 6) is 0.505. The van der Waals surface area contributed by atoms with Gasteiger partial charge < -0.3 is 9.80 Å². The summed E-state index contributed by atoms with van der Waals surface area (Å²) < 4.78 is 0. The number of hydrogen-bond acceptors (Lipinski definition) is 9. The van der Waals surface area contributed by atoms with Crippen LogP contribution < -0.4 is 0 Å². The molecule has 38 heavy (non-hydrogen) atoms. The third kappa shape index (κ3) is 7.36. The van der Waals surface area contributed by atoms with Crippen LogP contribution in [-0.2, 0) is 12.8 Å². The van der Waals surface area contributed by atoms with E-state index in [0.29, 0.717) is 11.6 Å². The molecule has 0 saturated carbocycles. The standard InChI is InChI=1S/C27H35N7O4/c1-5-20-18-31(13-9-21-7-8-26(33(35)36)23(15-21)28-2)11-6-12-32(19-20)14-10-22-16-24(29-3)27(34(37)38)25(17-22)30-4/h7-8,15-17,20H,2-6,9-14,18-19H2,1H3. The normalized spacial score (nSPS) is 16.8. The maximum absolute atomic E-state index is 11.4. The van der Waals surface area contributed by atoms with Gasteiger partial charge in [0.05, 0.1) is 9.85 Å². The van der Waals surface area contributed by atoms with Crippen LogP contribution in [-0.4, -0.2) is 79.1 Å². The van der Waals surface area contributed by atoms with Gasteiger partial charge in [0.15, 0.2) is 0 Å². The van der Waals surface area contributed by atoms with E-state index in [4.69, 9.17) is 0 Å². The first-order chi connectivity index (χ1) is 18.3. The molecule has 11 heteroatoms. The third-order valence-corrected chi connectivity index (χ3v) is 7.05. The van der Waals surface area contributed by atoms with E-state index in [2.05, 4.69) is 51.9 Å². The van der Waals surface area contributed by atoms with Crippen LogP contribution in [0.1, 0.15) is 30.9 Å². The van der Waals surface area contributed by atoms with Crippen molar-refractivity contribution in [2.45, 2.75) is 32.6 Å². The Morgan fingerprint density at radius 3 is 1.84 bits per heavy atom. The molecule has 1 fully saturated rings. The van der Waals surface area contributed by atoms with Gasteiger partial charge in [0.1, 0.15) is 17.1 Å². The van der Waals surface area contributed by atoms with Gasteiger partial charge in [-0.15, -0.1) is 0 Å². The molecule has 3 rings (SSSR count). The Morgan fingerprint density at radius 2 is 1.37 bits per heavy atom. The molecule has 0 amide bonds. The van der Waals surface area contributed by atoms with Crippen molar-refractivity contribution in [2.24, 2.45) is 20.9 Å². The van der Waals surface area contributed by atoms with E-state index in [0.717, 1.165) is 76.1 Å². The first kappa shape index (κ1) is 28.7. The summed E-state index contributed by atoms with van der Waals surface area (Å²) in [5, 5.41) is 22.6. The highest BCUT2D eigenvalue weighted by Crippen LogP contribution is 2.38. The lowest BCUT2D eigenvalue weighted by molar-refractivity contribution is -0.384. The van der Waals surface area contributed by atoms with Crippen LogP contribution in [0.5, 0.6) is 0 Å². The summed E-state index contributed by atoms with van der Waals surface area (Å²) in [6.07, 6.45) is 3.60. The maximum atomic E-state index is 11.4. The first-order valence-electron chi connectivity index (χ1n) is 12.7. The predicted octanol–water partition coefficient (Wildman–Crippen LogP) is 5.32. The van der Waals surface area contributed by atoms with E-state index >= 15 is 0 Å². The predicted molar refractivity (Wildman–Crippen MR) is 153 cm³/mol. The van der Waals surface area contributed by atoms with Crippen molar-refractivity contribution in [3.63, 3.8) is 0 Å². The van der Waals surface area contributed by atoms with E-state index in [1.165, 1.54) is 6.07 Å². The Labute approximate surface area is 222 Å². The fourth-order valence-corrected chi connectivity index (χ4v) is 4.97. The van der Waals surface area contributed by atoms with Crippen LogP contribution in [0.2, 0.25) is 0 Å². The molecule has 0 radical (unpaired) electrons. The molecule has 1 saturated heterocycles. The van der Waals surface area contributed by atoms with Crippen LogP contribution in [0.15, 0.2) is 45.3 Å². The average Bonchev–Trinajstić information content (AvgIpc) is 2.90. The van der Waals surface area contributed by atoms with Crippen molar-refractivity contribution < 1.29 is 9.85 Å². The molecular weight excluding hydrogens is 486 g/mol. The van der Waals surface area contributed by atoms with Crippen LogP contribution in [0.3, 0.4) is 0 Å². The monoisotopic (exact) mass is 521 g/mol. The summed E-state index contributed by atoms with van der Waals surface area (Å²) in [7, 11) is 0. The topological polar surface area (TPSA) is 130 Å². The fraction of sp³-hybridized carbons (Fsp3) is 0.444. The minimum atomic E-state index is -0.495. The van der Waals surface area contributed by atoms with Crippen molar-refractivity contribution >= 4 is 48.6 Å². The lowest BCUT2D eigenvalue weighted by atomic mass is 10.0. The minimum absolute atomic E-state index is 0.0242. The number of nitrogens with zero attached hydrogens (tertiary/aromatic N) is 7. The number of benzene rings is 2. The molecule has 1 unspecified atom stereocenters. The highest BCUT2D eigenvalue weighted by atomic mass is 16.6. The SMILES string of the molecule is C=Nc1cc(CCN2CCCN(CCc3cc(N=C)c([N+](=O)[O-])c(N=C)c3)CC(CC)C2)ccc1[N+](=O)[O-]. The average molecular weight is 522 g/mol. The van der Waals surface area contributed by atoms with Gasteiger partial charge in [-0.25, -0.2) is 0 Å². The van der Waals surface area contributed by atoms with Gasteiger partial charge in [0, 0.05) is 32.2 Å². The van der Waals surface area contributed by atoms with E-state index in [-0.39, 0.29) is 22.7 Å². The Bertz CT molecular complexity index is 1170. The highest BCUT2D eigenvalue weighted by Gasteiger charge is 2.23. The highest BCUT2D eigenvalue weighted by molar-refractivity contribution is 5.75. The quantitative estimate of drug-likeness (QED) is 0.211. The zero-order valence-corrected chi connectivity index (χ0v) is 21.9. The van der Waals surface area contributed by atoms with Crippen molar-refractivity contribution in [3.8, 4) is 0 Å². The van der Waals surface area contributed by atoms with Gasteiger partial charge in [-0.05, 0) is 87.7 Å². The van der Waals surface area contributed by atoms with Crippen molar-refractivity contribution in [1.29, 1.82) is 0 Å². The smallest absolute Gasteiger partial charge is 0.303 e. The fourth-order valence-electron chi connectivity index (χ4n) is 4.97. The second-order valence-electron chi connectivity index (χ2n) is 9.52. The van der Waals surface area contributed by atoms with E-state index in [1.54, 1.807) is 24.3 Å². The maximum Gasteiger partial charge on any atom is 0.320 e. The lowest BCUT2D eigenvalue weighted by Gasteiger charge is -2.35. The van der Waals surface area contributed by atoms with Gasteiger partial charge in [-0.3, -0.25) is 35.2 Å². The summed E-state index contributed by atoms with van der Waals surface area (Å²) in [5.41, 5.74) is 2.49. The molecule has 0 aromatic heterocycles. The lowest BCUT2D eigenvalue weighted by Crippen LogP contribution is -2.43. The number of hydrogen-bond donors (Lipinski definition) is 0. The van der Waals surface area contributed by atoms with Crippen molar-refractivity contribution in [1.82, 2.24) is 9.80 Å². The minimum Gasteiger partial charge on any atom is -0.303 e. The zero-order chi connectivity index (χ0) is 27.7. The van der Waals surface area contributed by atoms with Crippen LogP contribution in [0, 0.1) is 26.1 Å². The van der Waals surface area contributed by atoms with Gasteiger partial charge in [-0.1, -0.05) is 19.4 Å². The Kier molecular flexibility index (Phi) is 10.3. The van der Waals surface area contributed by atoms with E-state index in [1.807, 2.05) is 0 Å². The summed E-state index contributed by atoms with van der Waals surface area (Å²) in [4.78, 5) is 38.1. The number of nitro benzene ring substituents is 2. The first-order valence-corrected chi connectivity index (χ1v) is 12.7. The molecule has 11 nitrogen and oxygen atoms in total. The molecule has 1 aliphatic rings. The van der Waals surface area contributed by atoms with Gasteiger partial charge in [-0.2, -0.15) is 0 Å². The van der Waals surface area contributed by atoms with Gasteiger partial charge >= 0.3 is 5.69 Å². The molecule has 0 bridgehead atoms. The van der Waals surface area contributed by atoms with Crippen LogP contribution >= 0.6 is 0 Å². The molecule has 1 aliphatic heterocycles. The van der Waals surface area contributed by atoms with Crippen molar-refractivity contribution in [2.75, 3.05) is 39.3 Å². The molecule has 1 heterocycles. The van der Waals surface area contributed by atoms with Gasteiger partial charge in [0.2, 0.25) is 0 Å². The Balaban J connectivity index is 1.59. The van der Waals surface area contributed by atoms with E-state index in [9.17, 15) is 20.2 Å². The van der Waals surface area contributed by atoms with Gasteiger partial charge in [0.25, 0.3) is 5.69 Å². The largest absolute Gasteiger partial charge is 0.320 e. The number of aliphatic imine (C=N–C) groups is 3. The third-order valence-electron chi connectivity index (χ3n) is 7.05. The molecule has 0 N–H and O–H groups in total. The number of nitro groups is 2. The number of rotatable bonds is 12. The van der Waals surface area contributed by atoms with Crippen LogP contribution in [0.4, 0.5) is 28.4 Å². The molecule has 0 spiro atoms. The summed E-state index contributed by atoms with van der Waals surface area (Å²) >= 11 is 0. The molecule has 2 aromatic rings. The summed E-state index contributed by atoms with van der Waals surface area (Å²) in [6, 6.07) is 8.50. The Hall–Kier alpha value is -3.83. The molecular formula is C27H35N7O4. The zero-order valence-electron chi connectivity index (χ0n) is 21.9. The second kappa shape index (κ2) is 13.6. The molecule has 2 aromatic carbocycles. The van der Waals surface area contributed by atoms with Crippen molar-refractivity contribution in [3.05, 3.63) is 61.7 Å². The molecule has 202 valence electrons. The second-order valence-corrected chi connectivity index (χ2v) is 9.52. The molecule has 0 aliphatic carbocycles. The molecule has 1 atom stereocenters.